The van der Waals surface area contributed by atoms with Gasteiger partial charge in [-0.1, -0.05) is 0 Å². The number of nitrogens with zero attached hydrogens (tertiary/aromatic N) is 2. The highest BCUT2D eigenvalue weighted by molar-refractivity contribution is 7.09. The molecule has 0 N–H and O–H groups in total. The molecule has 0 aliphatic heterocycles. The van der Waals surface area contributed by atoms with Gasteiger partial charge in [-0.05, 0) is 6.32 Å². The van der Waals surface area contributed by atoms with Gasteiger partial charge >= 0.3 is 0 Å². The molecule has 36 valence electrons. The first-order valence-electron chi connectivity index (χ1n) is 2.18. The van der Waals surface area contributed by atoms with Gasteiger partial charge in [-0.15, -0.1) is 21.5 Å². The Balaban J connectivity index is 2.76. The summed E-state index contributed by atoms with van der Waals surface area (Å²) in [5.74, 6) is 0. The fourth-order valence-electron chi connectivity index (χ4n) is 0.350. The summed E-state index contributed by atoms with van der Waals surface area (Å²) >= 11 is 1.60. The Kier molecular flexibility index (Phi) is 1.41. The van der Waals surface area contributed by atoms with Crippen LogP contribution >= 0.6 is 11.3 Å². The van der Waals surface area contributed by atoms with Crippen molar-refractivity contribution in [1.29, 1.82) is 0 Å². The Morgan fingerprint density at radius 1 is 1.86 bits per heavy atom. The van der Waals surface area contributed by atoms with Crippen LogP contribution in [0.2, 0.25) is 0 Å². The van der Waals surface area contributed by atoms with Crippen molar-refractivity contribution in [2.45, 2.75) is 6.32 Å². The van der Waals surface area contributed by atoms with Crippen molar-refractivity contribution in [1.82, 2.24) is 10.2 Å². The molecule has 0 spiro atoms. The van der Waals surface area contributed by atoms with Crippen LogP contribution < -0.4 is 0 Å². The minimum atomic E-state index is 1.00. The molecule has 7 heavy (non-hydrogen) atoms. The van der Waals surface area contributed by atoms with E-state index in [4.69, 9.17) is 0 Å². The van der Waals surface area contributed by atoms with Crippen LogP contribution in [0.3, 0.4) is 0 Å². The lowest BCUT2D eigenvalue weighted by Crippen LogP contribution is -1.79. The third kappa shape index (κ3) is 0.994. The molecule has 1 aromatic rings. The van der Waals surface area contributed by atoms with Gasteiger partial charge < -0.3 is 0 Å². The third-order valence-corrected chi connectivity index (χ3v) is 1.55. The van der Waals surface area contributed by atoms with Gasteiger partial charge in [0.25, 0.3) is 0 Å². The van der Waals surface area contributed by atoms with E-state index in [0.717, 1.165) is 11.3 Å². The van der Waals surface area contributed by atoms with E-state index in [0.29, 0.717) is 0 Å². The maximum Gasteiger partial charge on any atom is 0.110 e. The van der Waals surface area contributed by atoms with Crippen LogP contribution in [0, 0.1) is 0 Å². The zero-order chi connectivity index (χ0) is 5.11. The first-order chi connectivity index (χ1) is 3.43. The van der Waals surface area contributed by atoms with Gasteiger partial charge in [-0.25, -0.2) is 0 Å². The van der Waals surface area contributed by atoms with E-state index in [1.165, 1.54) is 0 Å². The summed E-state index contributed by atoms with van der Waals surface area (Å²) in [6, 6.07) is 0. The SMILES string of the molecule is BCc1nncs1. The summed E-state index contributed by atoms with van der Waals surface area (Å²) in [6.45, 7) is 0. The molecule has 0 aliphatic rings. The minimum absolute atomic E-state index is 1.00. The predicted octanol–water partition coefficient (Wildman–Crippen LogP) is -0.329. The van der Waals surface area contributed by atoms with Crippen LogP contribution in [-0.4, -0.2) is 18.0 Å². The summed E-state index contributed by atoms with van der Waals surface area (Å²) in [4.78, 5) is 0. The van der Waals surface area contributed by atoms with Gasteiger partial charge in [-0.2, -0.15) is 0 Å². The highest BCUT2D eigenvalue weighted by Gasteiger charge is 1.86. The van der Waals surface area contributed by atoms with Gasteiger partial charge in [0.05, 0.1) is 0 Å². The second-order valence-electron chi connectivity index (χ2n) is 1.19. The lowest BCUT2D eigenvalue weighted by molar-refractivity contribution is 1.04. The first-order valence-corrected chi connectivity index (χ1v) is 3.06. The van der Waals surface area contributed by atoms with Crippen LogP contribution in [0.1, 0.15) is 5.01 Å². The first kappa shape index (κ1) is 4.78. The summed E-state index contributed by atoms with van der Waals surface area (Å²) in [5, 5.41) is 8.58. The number of aromatic nitrogens is 2. The predicted molar refractivity (Wildman–Crippen MR) is 32.2 cm³/mol. The molecule has 0 saturated carbocycles. The quantitative estimate of drug-likeness (QED) is 0.465. The van der Waals surface area contributed by atoms with Crippen LogP contribution in [0.25, 0.3) is 0 Å². The van der Waals surface area contributed by atoms with Gasteiger partial charge in [0.1, 0.15) is 18.4 Å². The van der Waals surface area contributed by atoms with Crippen LogP contribution in [0.4, 0.5) is 0 Å². The van der Waals surface area contributed by atoms with Crippen molar-refractivity contribution in [2.24, 2.45) is 0 Å². The van der Waals surface area contributed by atoms with Crippen molar-refractivity contribution in [3.8, 4) is 0 Å². The highest BCUT2D eigenvalue weighted by atomic mass is 32.1. The molecular formula is C3H5BN2S. The van der Waals surface area contributed by atoms with E-state index in [1.54, 1.807) is 16.8 Å². The molecule has 0 aliphatic carbocycles. The fraction of sp³-hybridized carbons (Fsp3) is 0.333. The zero-order valence-corrected chi connectivity index (χ0v) is 4.90. The lowest BCUT2D eigenvalue weighted by Gasteiger charge is -1.74. The number of hydrogen-bond donors (Lipinski definition) is 0. The van der Waals surface area contributed by atoms with Crippen molar-refractivity contribution in [3.63, 3.8) is 0 Å². The van der Waals surface area contributed by atoms with Crippen molar-refractivity contribution in [3.05, 3.63) is 10.5 Å². The van der Waals surface area contributed by atoms with Gasteiger partial charge in [0.15, 0.2) is 0 Å². The van der Waals surface area contributed by atoms with E-state index < -0.39 is 0 Å². The largest absolute Gasteiger partial charge is 0.147 e. The van der Waals surface area contributed by atoms with Gasteiger partial charge in [0.2, 0.25) is 0 Å². The van der Waals surface area contributed by atoms with Crippen LogP contribution in [0.5, 0.6) is 0 Å². The molecule has 0 fully saturated rings. The lowest BCUT2D eigenvalue weighted by atomic mass is 10.1. The molecular weight excluding hydrogens is 107 g/mol. The summed E-state index contributed by atoms with van der Waals surface area (Å²) in [7, 11) is 2.07. The monoisotopic (exact) mass is 112 g/mol. The number of hydrogen-bond acceptors (Lipinski definition) is 3. The van der Waals surface area contributed by atoms with Gasteiger partial charge in [-0.3, -0.25) is 0 Å². The van der Waals surface area contributed by atoms with Crippen molar-refractivity contribution < 1.29 is 0 Å². The average molecular weight is 112 g/mol. The molecule has 0 bridgehead atoms. The Hall–Kier alpha value is -0.375. The second kappa shape index (κ2) is 2.07. The highest BCUT2D eigenvalue weighted by Crippen LogP contribution is 1.97. The molecule has 1 aromatic heterocycles. The Labute approximate surface area is 47.0 Å². The van der Waals surface area contributed by atoms with Crippen molar-refractivity contribution >= 4 is 19.2 Å². The normalized spacial score (nSPS) is 9.14. The molecule has 0 atom stereocenters. The number of rotatable bonds is 1. The van der Waals surface area contributed by atoms with E-state index in [-0.39, 0.29) is 0 Å². The molecule has 1 heterocycles. The zero-order valence-electron chi connectivity index (χ0n) is 4.09. The average Bonchev–Trinajstić information content (AvgIpc) is 2.14. The molecule has 2 nitrogen and oxygen atoms in total. The molecule has 0 aromatic carbocycles. The van der Waals surface area contributed by atoms with Crippen molar-refractivity contribution in [2.75, 3.05) is 0 Å². The Bertz CT molecular complexity index is 127. The Morgan fingerprint density at radius 2 is 2.71 bits per heavy atom. The van der Waals surface area contributed by atoms with E-state index in [1.807, 2.05) is 0 Å². The van der Waals surface area contributed by atoms with Gasteiger partial charge in [0, 0.05) is 0 Å². The molecule has 0 radical (unpaired) electrons. The van der Waals surface area contributed by atoms with Crippen LogP contribution in [0.15, 0.2) is 5.51 Å². The molecule has 1 rings (SSSR count). The molecule has 0 saturated heterocycles. The Morgan fingerprint density at radius 3 is 3.00 bits per heavy atom. The summed E-state index contributed by atoms with van der Waals surface area (Å²) in [6.07, 6.45) is 1.00. The summed E-state index contributed by atoms with van der Waals surface area (Å²) < 4.78 is 0. The summed E-state index contributed by atoms with van der Waals surface area (Å²) in [5.41, 5.74) is 1.75. The van der Waals surface area contributed by atoms with E-state index >= 15 is 0 Å². The smallest absolute Gasteiger partial charge is 0.110 e. The third-order valence-electron chi connectivity index (χ3n) is 0.708. The second-order valence-corrected chi connectivity index (χ2v) is 2.10. The molecule has 4 heteroatoms. The van der Waals surface area contributed by atoms with E-state index in [2.05, 4.69) is 18.0 Å². The molecule has 0 unspecified atom stereocenters. The topological polar surface area (TPSA) is 25.8 Å². The standard InChI is InChI=1S/C3H5BN2S/c4-1-3-6-5-2-7-3/h2H,1,4H2. The maximum absolute atomic E-state index is 3.80. The van der Waals surface area contributed by atoms with E-state index in [9.17, 15) is 0 Å². The minimum Gasteiger partial charge on any atom is -0.147 e. The maximum atomic E-state index is 3.80. The molecule has 0 amide bonds. The fourth-order valence-corrected chi connectivity index (χ4v) is 0.827. The van der Waals surface area contributed by atoms with Crippen LogP contribution in [-0.2, 0) is 6.32 Å².